The molecule has 1 aliphatic rings. The van der Waals surface area contributed by atoms with Crippen LogP contribution in [0.25, 0.3) is 0 Å². The quantitative estimate of drug-likeness (QED) is 0.393. The molecule has 2 heterocycles. The van der Waals surface area contributed by atoms with Gasteiger partial charge in [0.2, 0.25) is 0 Å². The lowest BCUT2D eigenvalue weighted by Gasteiger charge is -2.39. The number of carbonyl (C=O) groups is 1. The van der Waals surface area contributed by atoms with Crippen LogP contribution >= 0.6 is 0 Å². The maximum absolute atomic E-state index is 14.8. The van der Waals surface area contributed by atoms with Gasteiger partial charge in [-0.15, -0.1) is 0 Å². The fourth-order valence-electron chi connectivity index (χ4n) is 4.23. The van der Waals surface area contributed by atoms with Crippen LogP contribution in [0.15, 0.2) is 55.1 Å². The van der Waals surface area contributed by atoms with Crippen LogP contribution in [0.1, 0.15) is 12.5 Å². The summed E-state index contributed by atoms with van der Waals surface area (Å²) in [5, 5.41) is 15.7. The highest BCUT2D eigenvalue weighted by Crippen LogP contribution is 2.37. The van der Waals surface area contributed by atoms with Gasteiger partial charge in [-0.25, -0.2) is 23.2 Å². The number of ether oxygens (including phenoxy) is 1. The molecule has 0 radical (unpaired) electrons. The lowest BCUT2D eigenvalue weighted by Crippen LogP contribution is -2.53. The minimum atomic E-state index is -5.76. The van der Waals surface area contributed by atoms with Crippen molar-refractivity contribution in [1.29, 1.82) is 0 Å². The van der Waals surface area contributed by atoms with Crippen LogP contribution in [-0.2, 0) is 12.1 Å². The highest BCUT2D eigenvalue weighted by atomic mass is 19.4. The largest absolute Gasteiger partial charge is 0.487 e. The van der Waals surface area contributed by atoms with Crippen LogP contribution < -0.4 is 9.64 Å². The lowest BCUT2D eigenvalue weighted by atomic mass is 9.85. The molecule has 2 atom stereocenters. The monoisotopic (exact) mass is 561 g/mol. The highest BCUT2D eigenvalue weighted by molar-refractivity contribution is 5.94. The maximum Gasteiger partial charge on any atom is 0.456 e. The first-order chi connectivity index (χ1) is 18.2. The van der Waals surface area contributed by atoms with Crippen LogP contribution in [0.4, 0.5) is 41.2 Å². The van der Waals surface area contributed by atoms with Gasteiger partial charge >= 0.3 is 18.1 Å². The zero-order valence-corrected chi connectivity index (χ0v) is 20.2. The third-order valence-corrected chi connectivity index (χ3v) is 6.45. The van der Waals surface area contributed by atoms with E-state index in [4.69, 9.17) is 0 Å². The number of aliphatic hydroxyl groups is 1. The number of rotatable bonds is 9. The van der Waals surface area contributed by atoms with E-state index in [0.29, 0.717) is 6.07 Å². The van der Waals surface area contributed by atoms with E-state index in [1.807, 2.05) is 0 Å². The Labute approximate surface area is 217 Å². The predicted molar refractivity (Wildman–Crippen MR) is 122 cm³/mol. The topological polar surface area (TPSA) is 83.7 Å². The summed E-state index contributed by atoms with van der Waals surface area (Å²) in [6.07, 6.45) is -3.28. The summed E-state index contributed by atoms with van der Waals surface area (Å²) >= 11 is 0. The van der Waals surface area contributed by atoms with Crippen LogP contribution in [0.2, 0.25) is 0 Å². The minimum Gasteiger partial charge on any atom is -0.487 e. The van der Waals surface area contributed by atoms with Crippen molar-refractivity contribution < 1.29 is 45.4 Å². The minimum absolute atomic E-state index is 0.0819. The van der Waals surface area contributed by atoms with Gasteiger partial charge < -0.3 is 14.7 Å². The Morgan fingerprint density at radius 2 is 1.74 bits per heavy atom. The first-order valence-corrected chi connectivity index (χ1v) is 11.5. The van der Waals surface area contributed by atoms with Crippen molar-refractivity contribution in [3.05, 3.63) is 72.3 Å². The number of benzene rings is 2. The zero-order valence-electron chi connectivity index (χ0n) is 20.2. The molecule has 2 amide bonds. The van der Waals surface area contributed by atoms with Crippen molar-refractivity contribution in [3.8, 4) is 5.75 Å². The molecule has 2 aromatic carbocycles. The number of aromatic nitrogens is 3. The van der Waals surface area contributed by atoms with Crippen molar-refractivity contribution in [3.63, 3.8) is 0 Å². The smallest absolute Gasteiger partial charge is 0.456 e. The third kappa shape index (κ3) is 5.62. The molecule has 39 heavy (non-hydrogen) atoms. The molecule has 1 saturated heterocycles. The van der Waals surface area contributed by atoms with Crippen molar-refractivity contribution >= 4 is 11.7 Å². The molecular weight excluding hydrogens is 539 g/mol. The number of urea groups is 1. The lowest BCUT2D eigenvalue weighted by molar-refractivity contribution is -0.290. The third-order valence-electron chi connectivity index (χ3n) is 6.45. The first-order valence-electron chi connectivity index (χ1n) is 11.5. The molecular formula is C24H22F7N5O3. The van der Waals surface area contributed by atoms with Gasteiger partial charge in [-0.1, -0.05) is 6.07 Å². The SMILES string of the molecule is C[C@@H](N1CCN(c2ccc(OCC(F)(F)C(F)(F)F)cc2)C1=O)[C@](O)(Cn1cncn1)c1ccc(F)cc1F. The van der Waals surface area contributed by atoms with Crippen LogP contribution in [-0.4, -0.2) is 68.6 Å². The Morgan fingerprint density at radius 1 is 1.05 bits per heavy atom. The summed E-state index contributed by atoms with van der Waals surface area (Å²) in [5.74, 6) is -7.20. The Kier molecular flexibility index (Phi) is 7.47. The molecule has 15 heteroatoms. The Balaban J connectivity index is 1.53. The number of nitrogens with zero attached hydrogens (tertiary/aromatic N) is 5. The summed E-state index contributed by atoms with van der Waals surface area (Å²) in [5.41, 5.74) is -2.06. The Morgan fingerprint density at radius 3 is 2.33 bits per heavy atom. The van der Waals surface area contributed by atoms with Crippen molar-refractivity contribution in [2.75, 3.05) is 24.6 Å². The molecule has 4 rings (SSSR count). The molecule has 0 unspecified atom stereocenters. The van der Waals surface area contributed by atoms with Gasteiger partial charge in [-0.05, 0) is 37.3 Å². The number of carbonyl (C=O) groups excluding carboxylic acids is 1. The molecule has 1 aliphatic heterocycles. The summed E-state index contributed by atoms with van der Waals surface area (Å²) < 4.78 is 97.5. The number of alkyl halides is 5. The standard InChI is InChI=1S/C24H22F7N5O3/c1-15(22(38,11-34-14-32-13-33-34)19-7-2-16(25)10-20(19)26)35-8-9-36(21(35)37)17-3-5-18(6-4-17)39-12-23(27,28)24(29,30)31/h2-7,10,13-15,38H,8-9,11-12H2,1H3/t15-,22-/m1/s1. The molecule has 0 bridgehead atoms. The summed E-state index contributed by atoms with van der Waals surface area (Å²) in [7, 11) is 0. The molecule has 1 N–H and O–H groups in total. The fraction of sp³-hybridized carbons (Fsp3) is 0.375. The highest BCUT2D eigenvalue weighted by Gasteiger charge is 2.58. The predicted octanol–water partition coefficient (Wildman–Crippen LogP) is 4.35. The van der Waals surface area contributed by atoms with Gasteiger partial charge in [0.25, 0.3) is 0 Å². The second-order valence-corrected chi connectivity index (χ2v) is 8.93. The van der Waals surface area contributed by atoms with E-state index < -0.39 is 48.0 Å². The van der Waals surface area contributed by atoms with E-state index in [-0.39, 0.29) is 36.6 Å². The summed E-state index contributed by atoms with van der Waals surface area (Å²) in [6, 6.07) is 5.88. The maximum atomic E-state index is 14.8. The van der Waals surface area contributed by atoms with Gasteiger partial charge in [0, 0.05) is 30.4 Å². The van der Waals surface area contributed by atoms with Crippen molar-refractivity contribution in [1.82, 2.24) is 19.7 Å². The van der Waals surface area contributed by atoms with E-state index in [1.165, 1.54) is 46.2 Å². The van der Waals surface area contributed by atoms with Gasteiger partial charge in [-0.3, -0.25) is 4.90 Å². The zero-order chi connectivity index (χ0) is 28.6. The normalized spacial score (nSPS) is 16.9. The number of amides is 2. The average Bonchev–Trinajstić information content (AvgIpc) is 3.51. The van der Waals surface area contributed by atoms with E-state index >= 15 is 0 Å². The number of hydrogen-bond donors (Lipinski definition) is 1. The second-order valence-electron chi connectivity index (χ2n) is 8.93. The number of hydrogen-bond acceptors (Lipinski definition) is 5. The number of anilines is 1. The molecule has 0 spiro atoms. The summed E-state index contributed by atoms with van der Waals surface area (Å²) in [4.78, 5) is 19.7. The Hall–Kier alpha value is -3.88. The molecule has 0 aliphatic carbocycles. The molecule has 3 aromatic rings. The van der Waals surface area contributed by atoms with Gasteiger partial charge in [0.1, 0.15) is 35.6 Å². The van der Waals surface area contributed by atoms with Crippen molar-refractivity contribution in [2.45, 2.75) is 37.2 Å². The molecule has 8 nitrogen and oxygen atoms in total. The fourth-order valence-corrected chi connectivity index (χ4v) is 4.23. The van der Waals surface area contributed by atoms with Gasteiger partial charge in [0.05, 0.1) is 12.6 Å². The van der Waals surface area contributed by atoms with Crippen LogP contribution in [0.5, 0.6) is 5.75 Å². The van der Waals surface area contributed by atoms with Crippen LogP contribution in [0.3, 0.4) is 0 Å². The van der Waals surface area contributed by atoms with Crippen LogP contribution in [0, 0.1) is 11.6 Å². The van der Waals surface area contributed by atoms with Crippen molar-refractivity contribution in [2.24, 2.45) is 0 Å². The van der Waals surface area contributed by atoms with E-state index in [9.17, 15) is 40.6 Å². The second kappa shape index (κ2) is 10.4. The Bertz CT molecular complexity index is 1300. The molecule has 1 aromatic heterocycles. The summed E-state index contributed by atoms with van der Waals surface area (Å²) in [6.45, 7) is -0.554. The molecule has 1 fully saturated rings. The van der Waals surface area contributed by atoms with E-state index in [2.05, 4.69) is 14.8 Å². The van der Waals surface area contributed by atoms with E-state index in [1.54, 1.807) is 0 Å². The average molecular weight is 561 g/mol. The molecule has 0 saturated carbocycles. The van der Waals surface area contributed by atoms with E-state index in [0.717, 1.165) is 24.3 Å². The molecule has 210 valence electrons. The number of halogens is 7. The first kappa shape index (κ1) is 28.1. The van der Waals surface area contributed by atoms with Gasteiger partial charge in [0.15, 0.2) is 6.61 Å². The van der Waals surface area contributed by atoms with Gasteiger partial charge in [-0.2, -0.15) is 27.1 Å².